The first-order chi connectivity index (χ1) is 15.4. The highest BCUT2D eigenvalue weighted by Crippen LogP contribution is 2.31. The summed E-state index contributed by atoms with van der Waals surface area (Å²) < 4.78 is 5.48. The number of aryl methyl sites for hydroxylation is 2. The van der Waals surface area contributed by atoms with Gasteiger partial charge in [-0.15, -0.1) is 0 Å². The van der Waals surface area contributed by atoms with Crippen LogP contribution in [0.2, 0.25) is 0 Å². The van der Waals surface area contributed by atoms with E-state index in [1.165, 1.54) is 4.90 Å². The van der Waals surface area contributed by atoms with Crippen LogP contribution in [0.4, 0.5) is 10.5 Å². The molecule has 32 heavy (non-hydrogen) atoms. The Morgan fingerprint density at radius 1 is 0.969 bits per heavy atom. The zero-order valence-corrected chi connectivity index (χ0v) is 18.5. The van der Waals surface area contributed by atoms with Gasteiger partial charge >= 0.3 is 6.09 Å². The average Bonchev–Trinajstić information content (AvgIpc) is 2.78. The molecule has 0 atom stereocenters. The number of amides is 1. The van der Waals surface area contributed by atoms with Gasteiger partial charge in [0.1, 0.15) is 5.75 Å². The van der Waals surface area contributed by atoms with Crippen LogP contribution in [0.3, 0.4) is 0 Å². The number of hydrogen-bond acceptors (Lipinski definition) is 5. The minimum Gasteiger partial charge on any atom is -0.496 e. The van der Waals surface area contributed by atoms with E-state index in [0.717, 1.165) is 44.6 Å². The minimum absolute atomic E-state index is 0.115. The number of benzene rings is 2. The molecule has 0 radical (unpaired) electrons. The zero-order chi connectivity index (χ0) is 22.8. The van der Waals surface area contributed by atoms with E-state index in [9.17, 15) is 9.90 Å². The van der Waals surface area contributed by atoms with Crippen molar-refractivity contribution in [2.45, 2.75) is 27.3 Å². The van der Waals surface area contributed by atoms with Crippen molar-refractivity contribution >= 4 is 22.8 Å². The second-order valence-corrected chi connectivity index (χ2v) is 7.73. The van der Waals surface area contributed by atoms with Gasteiger partial charge in [0.15, 0.2) is 0 Å². The molecule has 2 aromatic heterocycles. The second-order valence-electron chi connectivity index (χ2n) is 7.73. The molecule has 1 N–H and O–H groups in total. The summed E-state index contributed by atoms with van der Waals surface area (Å²) in [5, 5.41) is 10.0. The van der Waals surface area contributed by atoms with Crippen molar-refractivity contribution in [3.8, 4) is 16.9 Å². The van der Waals surface area contributed by atoms with Crippen LogP contribution in [0.25, 0.3) is 22.2 Å². The maximum atomic E-state index is 12.2. The van der Waals surface area contributed by atoms with E-state index in [1.54, 1.807) is 25.7 Å². The number of methoxy groups -OCH3 is 1. The maximum Gasteiger partial charge on any atom is 0.412 e. The van der Waals surface area contributed by atoms with E-state index in [2.05, 4.69) is 15.0 Å². The van der Waals surface area contributed by atoms with Crippen molar-refractivity contribution in [2.24, 2.45) is 0 Å². The Labute approximate surface area is 186 Å². The summed E-state index contributed by atoms with van der Waals surface area (Å²) in [7, 11) is 1.61. The van der Waals surface area contributed by atoms with E-state index >= 15 is 0 Å². The molecule has 0 saturated heterocycles. The van der Waals surface area contributed by atoms with Crippen LogP contribution in [0, 0.1) is 20.8 Å². The van der Waals surface area contributed by atoms with Gasteiger partial charge in [-0.2, -0.15) is 0 Å². The molecule has 2 heterocycles. The fourth-order valence-corrected chi connectivity index (χ4v) is 3.88. The van der Waals surface area contributed by atoms with E-state index in [1.807, 2.05) is 57.2 Å². The number of carboxylic acid groups (broad SMARTS) is 1. The Hall–Kier alpha value is -4.00. The molecule has 1 amide bonds. The third-order valence-corrected chi connectivity index (χ3v) is 5.47. The molecule has 0 bridgehead atoms. The Kier molecular flexibility index (Phi) is 5.73. The van der Waals surface area contributed by atoms with Gasteiger partial charge in [0.25, 0.3) is 0 Å². The molecular formula is C25H24N4O3. The van der Waals surface area contributed by atoms with Crippen LogP contribution in [-0.4, -0.2) is 33.3 Å². The van der Waals surface area contributed by atoms with Crippen molar-refractivity contribution in [2.75, 3.05) is 12.0 Å². The normalized spacial score (nSPS) is 10.9. The lowest BCUT2D eigenvalue weighted by atomic mass is 10.0. The second kappa shape index (κ2) is 8.63. The molecule has 2 aromatic carbocycles. The average molecular weight is 428 g/mol. The SMILES string of the molecule is COc1c(C)cnc(CN(C(=O)O)c2cc(C)cc(-c3ccc4nccnc4c3)c2)c1C. The highest BCUT2D eigenvalue weighted by molar-refractivity contribution is 5.88. The summed E-state index contributed by atoms with van der Waals surface area (Å²) in [5.74, 6) is 0.725. The molecule has 0 fully saturated rings. The van der Waals surface area contributed by atoms with Gasteiger partial charge in [-0.1, -0.05) is 12.1 Å². The predicted molar refractivity (Wildman–Crippen MR) is 124 cm³/mol. The van der Waals surface area contributed by atoms with Crippen LogP contribution < -0.4 is 9.64 Å². The van der Waals surface area contributed by atoms with Crippen molar-refractivity contribution in [3.05, 3.63) is 77.4 Å². The highest BCUT2D eigenvalue weighted by Gasteiger charge is 2.20. The van der Waals surface area contributed by atoms with Gasteiger partial charge < -0.3 is 9.84 Å². The quantitative estimate of drug-likeness (QED) is 0.463. The van der Waals surface area contributed by atoms with Gasteiger partial charge in [0, 0.05) is 35.4 Å². The zero-order valence-electron chi connectivity index (χ0n) is 18.5. The van der Waals surface area contributed by atoms with Crippen LogP contribution in [-0.2, 0) is 6.54 Å². The largest absolute Gasteiger partial charge is 0.496 e. The third kappa shape index (κ3) is 4.09. The van der Waals surface area contributed by atoms with Crippen LogP contribution in [0.5, 0.6) is 5.75 Å². The third-order valence-electron chi connectivity index (χ3n) is 5.47. The van der Waals surface area contributed by atoms with Crippen molar-refractivity contribution in [1.29, 1.82) is 0 Å². The Bertz CT molecular complexity index is 1320. The topological polar surface area (TPSA) is 88.4 Å². The lowest BCUT2D eigenvalue weighted by Gasteiger charge is -2.22. The summed E-state index contributed by atoms with van der Waals surface area (Å²) in [4.78, 5) is 26.7. The Balaban J connectivity index is 1.75. The number of nitrogens with zero attached hydrogens (tertiary/aromatic N) is 4. The van der Waals surface area contributed by atoms with Crippen LogP contribution in [0.15, 0.2) is 55.0 Å². The standard InChI is InChI=1S/C25H24N4O3/c1-15-9-19(18-5-6-21-22(12-18)27-8-7-26-21)11-20(10-15)29(25(30)31)14-23-17(3)24(32-4)16(2)13-28-23/h5-13H,14H2,1-4H3,(H,30,31). The first kappa shape index (κ1) is 21.2. The molecule has 0 saturated carbocycles. The summed E-state index contributed by atoms with van der Waals surface area (Å²) >= 11 is 0. The van der Waals surface area contributed by atoms with Crippen LogP contribution in [0.1, 0.15) is 22.4 Å². The number of anilines is 1. The fourth-order valence-electron chi connectivity index (χ4n) is 3.88. The molecule has 0 aliphatic heterocycles. The number of pyridine rings is 1. The number of ether oxygens (including phenoxy) is 1. The van der Waals surface area contributed by atoms with Gasteiger partial charge in [-0.05, 0) is 61.7 Å². The number of aromatic nitrogens is 3. The lowest BCUT2D eigenvalue weighted by Crippen LogP contribution is -2.29. The minimum atomic E-state index is -1.05. The molecule has 4 rings (SSSR count). The summed E-state index contributed by atoms with van der Waals surface area (Å²) in [6.07, 6.45) is 3.98. The van der Waals surface area contributed by atoms with Crippen molar-refractivity contribution < 1.29 is 14.6 Å². The summed E-state index contributed by atoms with van der Waals surface area (Å²) in [5.41, 5.74) is 7.37. The van der Waals surface area contributed by atoms with Crippen molar-refractivity contribution in [3.63, 3.8) is 0 Å². The lowest BCUT2D eigenvalue weighted by molar-refractivity contribution is 0.201. The van der Waals surface area contributed by atoms with E-state index in [4.69, 9.17) is 4.74 Å². The molecule has 0 unspecified atom stereocenters. The monoisotopic (exact) mass is 428 g/mol. The fraction of sp³-hybridized carbons (Fsp3) is 0.200. The Morgan fingerprint density at radius 2 is 1.72 bits per heavy atom. The molecule has 7 nitrogen and oxygen atoms in total. The van der Waals surface area contributed by atoms with E-state index < -0.39 is 6.09 Å². The summed E-state index contributed by atoms with van der Waals surface area (Å²) in [6, 6.07) is 11.6. The van der Waals surface area contributed by atoms with Crippen LogP contribution >= 0.6 is 0 Å². The van der Waals surface area contributed by atoms with Gasteiger partial charge in [-0.25, -0.2) is 4.79 Å². The van der Waals surface area contributed by atoms with E-state index in [0.29, 0.717) is 11.4 Å². The van der Waals surface area contributed by atoms with Gasteiger partial charge in [-0.3, -0.25) is 19.9 Å². The molecule has 7 heteroatoms. The summed E-state index contributed by atoms with van der Waals surface area (Å²) in [6.45, 7) is 5.88. The maximum absolute atomic E-state index is 12.2. The molecule has 0 spiro atoms. The molecule has 162 valence electrons. The van der Waals surface area contributed by atoms with Gasteiger partial charge in [0.05, 0.1) is 30.4 Å². The first-order valence-corrected chi connectivity index (χ1v) is 10.2. The van der Waals surface area contributed by atoms with Crippen molar-refractivity contribution in [1.82, 2.24) is 15.0 Å². The number of hydrogen-bond donors (Lipinski definition) is 1. The molecule has 0 aliphatic rings. The van der Waals surface area contributed by atoms with E-state index in [-0.39, 0.29) is 6.54 Å². The smallest absolute Gasteiger partial charge is 0.412 e. The molecule has 4 aromatic rings. The Morgan fingerprint density at radius 3 is 2.44 bits per heavy atom. The molecular weight excluding hydrogens is 404 g/mol. The number of fused-ring (bicyclic) bond motifs is 1. The van der Waals surface area contributed by atoms with Gasteiger partial charge in [0.2, 0.25) is 0 Å². The first-order valence-electron chi connectivity index (χ1n) is 10.2. The highest BCUT2D eigenvalue weighted by atomic mass is 16.5. The number of carbonyl (C=O) groups is 1. The number of rotatable bonds is 5. The predicted octanol–water partition coefficient (Wildman–Crippen LogP) is 5.31. The molecule has 0 aliphatic carbocycles.